The van der Waals surface area contributed by atoms with E-state index in [9.17, 15) is 0 Å². The van der Waals surface area contributed by atoms with Gasteiger partial charge in [0.1, 0.15) is 0 Å². The standard InChI is InChI=1S/C9H15N3/c1-8(2)3-5-10-7-9-4-6-11-12-9/h4,6-8H,3,5H2,1-2H3,(H,11,12). The molecule has 0 aliphatic heterocycles. The molecule has 0 saturated carbocycles. The van der Waals surface area contributed by atoms with E-state index < -0.39 is 0 Å². The van der Waals surface area contributed by atoms with Crippen molar-refractivity contribution in [2.45, 2.75) is 20.3 Å². The number of nitrogens with one attached hydrogen (secondary N) is 1. The molecule has 0 fully saturated rings. The summed E-state index contributed by atoms with van der Waals surface area (Å²) < 4.78 is 0. The average molecular weight is 165 g/mol. The van der Waals surface area contributed by atoms with Crippen LogP contribution in [0.4, 0.5) is 0 Å². The molecule has 66 valence electrons. The van der Waals surface area contributed by atoms with E-state index in [0.717, 1.165) is 24.6 Å². The van der Waals surface area contributed by atoms with Crippen LogP contribution >= 0.6 is 0 Å². The summed E-state index contributed by atoms with van der Waals surface area (Å²) in [4.78, 5) is 4.26. The van der Waals surface area contributed by atoms with Gasteiger partial charge in [0.15, 0.2) is 0 Å². The van der Waals surface area contributed by atoms with Crippen molar-refractivity contribution in [3.8, 4) is 0 Å². The van der Waals surface area contributed by atoms with Crippen molar-refractivity contribution in [2.75, 3.05) is 6.54 Å². The van der Waals surface area contributed by atoms with Crippen LogP contribution in [0.15, 0.2) is 17.3 Å². The average Bonchev–Trinajstić information content (AvgIpc) is 2.49. The van der Waals surface area contributed by atoms with Gasteiger partial charge >= 0.3 is 0 Å². The smallest absolute Gasteiger partial charge is 0.0756 e. The van der Waals surface area contributed by atoms with E-state index in [1.54, 1.807) is 6.20 Å². The van der Waals surface area contributed by atoms with Crippen LogP contribution in [-0.4, -0.2) is 23.0 Å². The summed E-state index contributed by atoms with van der Waals surface area (Å²) in [5.41, 5.74) is 0.971. The molecule has 0 aromatic carbocycles. The fraction of sp³-hybridized carbons (Fsp3) is 0.556. The normalized spacial score (nSPS) is 11.6. The third-order valence-corrected chi connectivity index (χ3v) is 1.59. The molecule has 1 heterocycles. The number of hydrogen-bond donors (Lipinski definition) is 1. The minimum Gasteiger partial charge on any atom is -0.291 e. The van der Waals surface area contributed by atoms with Gasteiger partial charge in [0.25, 0.3) is 0 Å². The zero-order chi connectivity index (χ0) is 8.81. The predicted octanol–water partition coefficient (Wildman–Crippen LogP) is 1.87. The summed E-state index contributed by atoms with van der Waals surface area (Å²) in [7, 11) is 0. The van der Waals surface area contributed by atoms with Crippen LogP contribution < -0.4 is 0 Å². The van der Waals surface area contributed by atoms with E-state index in [-0.39, 0.29) is 0 Å². The van der Waals surface area contributed by atoms with Gasteiger partial charge in [-0.2, -0.15) is 5.10 Å². The van der Waals surface area contributed by atoms with Gasteiger partial charge in [-0.15, -0.1) is 0 Å². The van der Waals surface area contributed by atoms with Crippen LogP contribution in [-0.2, 0) is 0 Å². The van der Waals surface area contributed by atoms with E-state index in [0.29, 0.717) is 0 Å². The maximum atomic E-state index is 4.26. The fourth-order valence-electron chi connectivity index (χ4n) is 0.834. The molecule has 1 aromatic heterocycles. The second kappa shape index (κ2) is 4.70. The minimum atomic E-state index is 0.726. The molecule has 1 aromatic rings. The monoisotopic (exact) mass is 165 g/mol. The Morgan fingerprint density at radius 3 is 3.08 bits per heavy atom. The second-order valence-electron chi connectivity index (χ2n) is 3.23. The molecule has 3 nitrogen and oxygen atoms in total. The summed E-state index contributed by atoms with van der Waals surface area (Å²) in [6, 6.07) is 1.90. The first-order valence-corrected chi connectivity index (χ1v) is 4.28. The van der Waals surface area contributed by atoms with Crippen molar-refractivity contribution >= 4 is 6.21 Å². The highest BCUT2D eigenvalue weighted by Gasteiger charge is 1.90. The zero-order valence-electron chi connectivity index (χ0n) is 7.62. The van der Waals surface area contributed by atoms with Gasteiger partial charge in [0, 0.05) is 19.0 Å². The Morgan fingerprint density at radius 2 is 2.50 bits per heavy atom. The number of aromatic nitrogens is 2. The first kappa shape index (κ1) is 8.97. The number of rotatable bonds is 4. The summed E-state index contributed by atoms with van der Waals surface area (Å²) in [5, 5.41) is 6.65. The molecule has 1 rings (SSSR count). The summed E-state index contributed by atoms with van der Waals surface area (Å²) in [6.45, 7) is 5.30. The SMILES string of the molecule is CC(C)CCN=Cc1ccn[nH]1. The topological polar surface area (TPSA) is 41.0 Å². The van der Waals surface area contributed by atoms with Crippen molar-refractivity contribution in [2.24, 2.45) is 10.9 Å². The number of H-pyrrole nitrogens is 1. The summed E-state index contributed by atoms with van der Waals surface area (Å²) in [6.07, 6.45) is 4.70. The van der Waals surface area contributed by atoms with Crippen molar-refractivity contribution in [3.05, 3.63) is 18.0 Å². The van der Waals surface area contributed by atoms with Crippen LogP contribution in [0.2, 0.25) is 0 Å². The number of aromatic amines is 1. The van der Waals surface area contributed by atoms with Gasteiger partial charge in [0.05, 0.1) is 5.69 Å². The van der Waals surface area contributed by atoms with Crippen molar-refractivity contribution in [3.63, 3.8) is 0 Å². The zero-order valence-corrected chi connectivity index (χ0v) is 7.62. The van der Waals surface area contributed by atoms with Crippen LogP contribution in [0.1, 0.15) is 26.0 Å². The Labute approximate surface area is 72.9 Å². The van der Waals surface area contributed by atoms with Crippen molar-refractivity contribution < 1.29 is 0 Å². The Bertz CT molecular complexity index is 224. The van der Waals surface area contributed by atoms with Crippen LogP contribution in [0.3, 0.4) is 0 Å². The highest BCUT2D eigenvalue weighted by atomic mass is 15.1. The lowest BCUT2D eigenvalue weighted by Gasteiger charge is -1.98. The molecule has 0 aliphatic rings. The summed E-state index contributed by atoms with van der Waals surface area (Å²) >= 11 is 0. The molecular weight excluding hydrogens is 150 g/mol. The Morgan fingerprint density at radius 1 is 1.67 bits per heavy atom. The Hall–Kier alpha value is -1.12. The molecule has 0 saturated heterocycles. The maximum absolute atomic E-state index is 4.26. The van der Waals surface area contributed by atoms with E-state index in [1.807, 2.05) is 12.3 Å². The van der Waals surface area contributed by atoms with Crippen molar-refractivity contribution in [1.82, 2.24) is 10.2 Å². The van der Waals surface area contributed by atoms with Gasteiger partial charge < -0.3 is 0 Å². The quantitative estimate of drug-likeness (QED) is 0.680. The van der Waals surface area contributed by atoms with Gasteiger partial charge in [-0.3, -0.25) is 10.1 Å². The first-order valence-electron chi connectivity index (χ1n) is 4.28. The van der Waals surface area contributed by atoms with E-state index in [4.69, 9.17) is 0 Å². The maximum Gasteiger partial charge on any atom is 0.0756 e. The second-order valence-corrected chi connectivity index (χ2v) is 3.23. The summed E-state index contributed by atoms with van der Waals surface area (Å²) in [5.74, 6) is 0.726. The number of nitrogens with zero attached hydrogens (tertiary/aromatic N) is 2. The van der Waals surface area contributed by atoms with Gasteiger partial charge in [0.2, 0.25) is 0 Å². The van der Waals surface area contributed by atoms with Gasteiger partial charge in [-0.05, 0) is 18.4 Å². The number of hydrogen-bond acceptors (Lipinski definition) is 2. The van der Waals surface area contributed by atoms with E-state index in [1.165, 1.54) is 0 Å². The molecule has 0 spiro atoms. The largest absolute Gasteiger partial charge is 0.291 e. The first-order chi connectivity index (χ1) is 5.79. The lowest BCUT2D eigenvalue weighted by atomic mass is 10.1. The molecule has 0 unspecified atom stereocenters. The Balaban J connectivity index is 2.23. The third-order valence-electron chi connectivity index (χ3n) is 1.59. The van der Waals surface area contributed by atoms with E-state index in [2.05, 4.69) is 29.0 Å². The van der Waals surface area contributed by atoms with Crippen LogP contribution in [0, 0.1) is 5.92 Å². The molecular formula is C9H15N3. The van der Waals surface area contributed by atoms with E-state index >= 15 is 0 Å². The fourth-order valence-corrected chi connectivity index (χ4v) is 0.834. The highest BCUT2D eigenvalue weighted by Crippen LogP contribution is 1.98. The van der Waals surface area contributed by atoms with Crippen LogP contribution in [0.5, 0.6) is 0 Å². The number of aliphatic imine (C=N–C) groups is 1. The molecule has 0 amide bonds. The molecule has 3 heteroatoms. The van der Waals surface area contributed by atoms with Crippen LogP contribution in [0.25, 0.3) is 0 Å². The van der Waals surface area contributed by atoms with Gasteiger partial charge in [-0.1, -0.05) is 13.8 Å². The Kier molecular flexibility index (Phi) is 3.51. The lowest BCUT2D eigenvalue weighted by Crippen LogP contribution is -1.91. The molecule has 1 N–H and O–H groups in total. The molecule has 0 atom stereocenters. The highest BCUT2D eigenvalue weighted by molar-refractivity contribution is 5.76. The molecule has 0 radical (unpaired) electrons. The molecule has 0 aliphatic carbocycles. The third kappa shape index (κ3) is 3.32. The molecule has 12 heavy (non-hydrogen) atoms. The van der Waals surface area contributed by atoms with Crippen molar-refractivity contribution in [1.29, 1.82) is 0 Å². The predicted molar refractivity (Wildman–Crippen MR) is 50.5 cm³/mol. The lowest BCUT2D eigenvalue weighted by molar-refractivity contribution is 0.597. The minimum absolute atomic E-state index is 0.726. The molecule has 0 bridgehead atoms. The van der Waals surface area contributed by atoms with Gasteiger partial charge in [-0.25, -0.2) is 0 Å².